The average Bonchev–Trinajstić information content (AvgIpc) is 3.29. The van der Waals surface area contributed by atoms with Crippen LogP contribution in [0.1, 0.15) is 45.1 Å². The summed E-state index contributed by atoms with van der Waals surface area (Å²) in [5.74, 6) is 0.157. The summed E-state index contributed by atoms with van der Waals surface area (Å²) in [5.41, 5.74) is 1.24. The van der Waals surface area contributed by atoms with E-state index in [2.05, 4.69) is 19.1 Å². The molecule has 0 amide bonds. The number of ether oxygens (including phenoxy) is 4. The Bertz CT molecular complexity index is 479. The van der Waals surface area contributed by atoms with E-state index in [0.717, 1.165) is 38.0 Å². The van der Waals surface area contributed by atoms with Crippen molar-refractivity contribution < 1.29 is 23.7 Å². The van der Waals surface area contributed by atoms with Crippen molar-refractivity contribution >= 4 is 6.16 Å². The number of hydrogen-bond donors (Lipinski definition) is 0. The molecular formula is C18H26O5. The van der Waals surface area contributed by atoms with Gasteiger partial charge in [0.15, 0.2) is 0 Å². The first-order valence-electron chi connectivity index (χ1n) is 8.39. The zero-order chi connectivity index (χ0) is 16.5. The number of aryl methyl sites for hydroxylation is 1. The van der Waals surface area contributed by atoms with Gasteiger partial charge in [-0.1, -0.05) is 25.5 Å². The van der Waals surface area contributed by atoms with Crippen molar-refractivity contribution in [3.63, 3.8) is 0 Å². The Morgan fingerprint density at radius 3 is 2.57 bits per heavy atom. The van der Waals surface area contributed by atoms with E-state index in [4.69, 9.17) is 18.9 Å². The van der Waals surface area contributed by atoms with Gasteiger partial charge in [-0.05, 0) is 43.9 Å². The zero-order valence-electron chi connectivity index (χ0n) is 14.0. The van der Waals surface area contributed by atoms with Crippen LogP contribution in [0, 0.1) is 0 Å². The fourth-order valence-corrected chi connectivity index (χ4v) is 2.28. The number of unbranched alkanes of at least 4 members (excludes halogenated alkanes) is 1. The highest BCUT2D eigenvalue weighted by Crippen LogP contribution is 2.34. The monoisotopic (exact) mass is 322 g/mol. The predicted octanol–water partition coefficient (Wildman–Crippen LogP) is 4.09. The second-order valence-corrected chi connectivity index (χ2v) is 5.68. The third kappa shape index (κ3) is 6.10. The maximum atomic E-state index is 11.3. The van der Waals surface area contributed by atoms with Crippen LogP contribution in [-0.4, -0.2) is 31.8 Å². The maximum Gasteiger partial charge on any atom is 0.510 e. The molecule has 1 aromatic rings. The minimum absolute atomic E-state index is 0.307. The van der Waals surface area contributed by atoms with Crippen LogP contribution >= 0.6 is 0 Å². The van der Waals surface area contributed by atoms with E-state index in [1.54, 1.807) is 6.92 Å². The van der Waals surface area contributed by atoms with Gasteiger partial charge in [-0.2, -0.15) is 0 Å². The largest absolute Gasteiger partial charge is 0.510 e. The fraction of sp³-hybridized carbons (Fsp3) is 0.611. The molecule has 0 radical (unpaired) electrons. The molecule has 0 bridgehead atoms. The Morgan fingerprint density at radius 2 is 1.96 bits per heavy atom. The normalized spacial score (nSPS) is 19.2. The molecule has 1 aliphatic heterocycles. The highest BCUT2D eigenvalue weighted by Gasteiger charge is 2.49. The van der Waals surface area contributed by atoms with Gasteiger partial charge in [0.05, 0.1) is 13.2 Å². The lowest BCUT2D eigenvalue weighted by Crippen LogP contribution is -2.22. The SMILES string of the molecule is CCCCOc1ccc(CCCC2(OC(=O)OCC)CO2)cc1. The minimum Gasteiger partial charge on any atom is -0.494 e. The van der Waals surface area contributed by atoms with Crippen LogP contribution < -0.4 is 4.74 Å². The van der Waals surface area contributed by atoms with Gasteiger partial charge in [-0.3, -0.25) is 0 Å². The van der Waals surface area contributed by atoms with Crippen LogP contribution in [0.3, 0.4) is 0 Å². The van der Waals surface area contributed by atoms with Crippen molar-refractivity contribution in [3.8, 4) is 5.75 Å². The molecule has 23 heavy (non-hydrogen) atoms. The van der Waals surface area contributed by atoms with Gasteiger partial charge in [-0.25, -0.2) is 4.79 Å². The number of benzene rings is 1. The molecular weight excluding hydrogens is 296 g/mol. The molecule has 1 saturated heterocycles. The van der Waals surface area contributed by atoms with Crippen molar-refractivity contribution in [1.29, 1.82) is 0 Å². The van der Waals surface area contributed by atoms with Gasteiger partial charge in [0.2, 0.25) is 5.79 Å². The topological polar surface area (TPSA) is 57.3 Å². The molecule has 1 atom stereocenters. The summed E-state index contributed by atoms with van der Waals surface area (Å²) >= 11 is 0. The average molecular weight is 322 g/mol. The van der Waals surface area contributed by atoms with Crippen LogP contribution in [0.25, 0.3) is 0 Å². The molecule has 2 rings (SSSR count). The molecule has 128 valence electrons. The lowest BCUT2D eigenvalue weighted by Gasteiger charge is -2.12. The van der Waals surface area contributed by atoms with Crippen molar-refractivity contribution in [1.82, 2.24) is 0 Å². The molecule has 0 aliphatic carbocycles. The number of carbonyl (C=O) groups is 1. The molecule has 5 heteroatoms. The quantitative estimate of drug-likeness (QED) is 0.369. The number of hydrogen-bond acceptors (Lipinski definition) is 5. The van der Waals surface area contributed by atoms with Gasteiger partial charge >= 0.3 is 6.16 Å². The van der Waals surface area contributed by atoms with Gasteiger partial charge in [0.1, 0.15) is 12.4 Å². The predicted molar refractivity (Wildman–Crippen MR) is 86.6 cm³/mol. The molecule has 1 aliphatic rings. The Balaban J connectivity index is 1.69. The summed E-state index contributed by atoms with van der Waals surface area (Å²) in [7, 11) is 0. The summed E-state index contributed by atoms with van der Waals surface area (Å²) in [6, 6.07) is 8.16. The molecule has 1 heterocycles. The van der Waals surface area contributed by atoms with Crippen LogP contribution in [0.5, 0.6) is 5.75 Å². The smallest absolute Gasteiger partial charge is 0.494 e. The lowest BCUT2D eigenvalue weighted by molar-refractivity contribution is -0.0378. The molecule has 1 fully saturated rings. The number of epoxide rings is 1. The summed E-state index contributed by atoms with van der Waals surface area (Å²) < 4.78 is 20.9. The number of rotatable bonds is 10. The van der Waals surface area contributed by atoms with Crippen molar-refractivity contribution in [2.75, 3.05) is 19.8 Å². The first-order chi connectivity index (χ1) is 11.2. The Morgan fingerprint density at radius 1 is 1.22 bits per heavy atom. The summed E-state index contributed by atoms with van der Waals surface area (Å²) in [5, 5.41) is 0. The van der Waals surface area contributed by atoms with Gasteiger partial charge < -0.3 is 18.9 Å². The lowest BCUT2D eigenvalue weighted by atomic mass is 10.1. The van der Waals surface area contributed by atoms with E-state index < -0.39 is 11.9 Å². The van der Waals surface area contributed by atoms with Crippen molar-refractivity contribution in [3.05, 3.63) is 29.8 Å². The van der Waals surface area contributed by atoms with Gasteiger partial charge in [-0.15, -0.1) is 0 Å². The van der Waals surface area contributed by atoms with Crippen molar-refractivity contribution in [2.24, 2.45) is 0 Å². The Kier molecular flexibility index (Phi) is 6.71. The van der Waals surface area contributed by atoms with Gasteiger partial charge in [0, 0.05) is 6.42 Å². The molecule has 1 unspecified atom stereocenters. The summed E-state index contributed by atoms with van der Waals surface area (Å²) in [4.78, 5) is 11.3. The second kappa shape index (κ2) is 8.77. The van der Waals surface area contributed by atoms with Crippen LogP contribution in [-0.2, 0) is 20.6 Å². The van der Waals surface area contributed by atoms with Gasteiger partial charge in [0.25, 0.3) is 0 Å². The Labute approximate surface area is 137 Å². The third-order valence-corrected chi connectivity index (χ3v) is 3.71. The highest BCUT2D eigenvalue weighted by atomic mass is 16.8. The van der Waals surface area contributed by atoms with E-state index in [-0.39, 0.29) is 0 Å². The van der Waals surface area contributed by atoms with E-state index in [0.29, 0.717) is 19.6 Å². The standard InChI is InChI=1S/C18H26O5/c1-3-5-13-21-16-10-8-15(9-11-16)7-6-12-18(14-22-18)23-17(19)20-4-2/h8-11H,3-7,12-14H2,1-2H3. The van der Waals surface area contributed by atoms with Crippen molar-refractivity contribution in [2.45, 2.75) is 51.7 Å². The van der Waals surface area contributed by atoms with Crippen LogP contribution in [0.4, 0.5) is 4.79 Å². The summed E-state index contributed by atoms with van der Waals surface area (Å²) in [6.07, 6.45) is 4.03. The highest BCUT2D eigenvalue weighted by molar-refractivity contribution is 5.60. The van der Waals surface area contributed by atoms with E-state index >= 15 is 0 Å². The van der Waals surface area contributed by atoms with E-state index in [9.17, 15) is 4.79 Å². The second-order valence-electron chi connectivity index (χ2n) is 5.68. The zero-order valence-corrected chi connectivity index (χ0v) is 14.0. The third-order valence-electron chi connectivity index (χ3n) is 3.71. The molecule has 5 nitrogen and oxygen atoms in total. The molecule has 0 N–H and O–H groups in total. The molecule has 0 aromatic heterocycles. The summed E-state index contributed by atoms with van der Waals surface area (Å²) in [6.45, 7) is 5.42. The Hall–Kier alpha value is -1.75. The molecule has 0 saturated carbocycles. The fourth-order valence-electron chi connectivity index (χ4n) is 2.28. The maximum absolute atomic E-state index is 11.3. The van der Waals surface area contributed by atoms with Crippen LogP contribution in [0.15, 0.2) is 24.3 Å². The minimum atomic E-state index is -0.755. The molecule has 1 aromatic carbocycles. The first-order valence-corrected chi connectivity index (χ1v) is 8.39. The van der Waals surface area contributed by atoms with Crippen LogP contribution in [0.2, 0.25) is 0 Å². The van der Waals surface area contributed by atoms with E-state index in [1.807, 2.05) is 12.1 Å². The molecule has 0 spiro atoms. The first kappa shape index (κ1) is 17.6. The number of carbonyl (C=O) groups excluding carboxylic acids is 1. The van der Waals surface area contributed by atoms with E-state index in [1.165, 1.54) is 5.56 Å².